The van der Waals surface area contributed by atoms with Crippen molar-refractivity contribution in [2.24, 2.45) is 0 Å². The van der Waals surface area contributed by atoms with Gasteiger partial charge in [0.2, 0.25) is 5.95 Å². The molecule has 2 aromatic carbocycles. The molecule has 0 aliphatic heterocycles. The molecule has 0 radical (unpaired) electrons. The van der Waals surface area contributed by atoms with Gasteiger partial charge >= 0.3 is 0 Å². The van der Waals surface area contributed by atoms with E-state index in [2.05, 4.69) is 15.3 Å². The summed E-state index contributed by atoms with van der Waals surface area (Å²) < 4.78 is 13.9. The molecular formula is C17H14FN3. The Morgan fingerprint density at radius 1 is 0.952 bits per heavy atom. The molecule has 0 unspecified atom stereocenters. The summed E-state index contributed by atoms with van der Waals surface area (Å²) in [5, 5.41) is 3.12. The average molecular weight is 279 g/mol. The molecule has 0 fully saturated rings. The maximum absolute atomic E-state index is 13.9. The van der Waals surface area contributed by atoms with E-state index in [-0.39, 0.29) is 5.82 Å². The first-order valence-corrected chi connectivity index (χ1v) is 6.64. The fraction of sp³-hybridized carbons (Fsp3) is 0.0588. The van der Waals surface area contributed by atoms with Crippen LogP contribution >= 0.6 is 0 Å². The van der Waals surface area contributed by atoms with E-state index in [9.17, 15) is 4.39 Å². The minimum atomic E-state index is -0.287. The van der Waals surface area contributed by atoms with Gasteiger partial charge in [0.15, 0.2) is 0 Å². The molecule has 1 aromatic heterocycles. The van der Waals surface area contributed by atoms with E-state index in [0.29, 0.717) is 17.2 Å². The number of halogens is 1. The van der Waals surface area contributed by atoms with Gasteiger partial charge in [-0.05, 0) is 36.8 Å². The van der Waals surface area contributed by atoms with Crippen LogP contribution in [0.1, 0.15) is 5.56 Å². The Labute approximate surface area is 122 Å². The lowest BCUT2D eigenvalue weighted by molar-refractivity contribution is 0.630. The van der Waals surface area contributed by atoms with Gasteiger partial charge < -0.3 is 5.32 Å². The SMILES string of the molecule is Cc1cnc(Nc2ccccc2)nc1-c1ccccc1F. The van der Waals surface area contributed by atoms with Gasteiger partial charge in [-0.25, -0.2) is 14.4 Å². The molecule has 0 saturated heterocycles. The van der Waals surface area contributed by atoms with Crippen molar-refractivity contribution in [2.75, 3.05) is 5.32 Å². The van der Waals surface area contributed by atoms with Crippen LogP contribution in [0.15, 0.2) is 60.8 Å². The lowest BCUT2D eigenvalue weighted by atomic mass is 10.1. The van der Waals surface area contributed by atoms with Gasteiger partial charge in [-0.1, -0.05) is 30.3 Å². The van der Waals surface area contributed by atoms with Crippen LogP contribution in [0.3, 0.4) is 0 Å². The van der Waals surface area contributed by atoms with Crippen molar-refractivity contribution < 1.29 is 4.39 Å². The molecule has 104 valence electrons. The third-order valence-corrected chi connectivity index (χ3v) is 3.13. The third kappa shape index (κ3) is 2.89. The minimum absolute atomic E-state index is 0.287. The van der Waals surface area contributed by atoms with Crippen LogP contribution in [-0.4, -0.2) is 9.97 Å². The molecule has 1 N–H and O–H groups in total. The van der Waals surface area contributed by atoms with Crippen molar-refractivity contribution in [1.29, 1.82) is 0 Å². The summed E-state index contributed by atoms with van der Waals surface area (Å²) in [5.74, 6) is 0.162. The number of benzene rings is 2. The summed E-state index contributed by atoms with van der Waals surface area (Å²) >= 11 is 0. The Bertz CT molecular complexity index is 757. The molecule has 3 rings (SSSR count). The van der Waals surface area contributed by atoms with Crippen molar-refractivity contribution in [3.63, 3.8) is 0 Å². The summed E-state index contributed by atoms with van der Waals surface area (Å²) in [6.45, 7) is 1.87. The number of aromatic nitrogens is 2. The highest BCUT2D eigenvalue weighted by atomic mass is 19.1. The fourth-order valence-corrected chi connectivity index (χ4v) is 2.08. The zero-order valence-electron chi connectivity index (χ0n) is 11.5. The Kier molecular flexibility index (Phi) is 3.60. The smallest absolute Gasteiger partial charge is 0.227 e. The highest BCUT2D eigenvalue weighted by molar-refractivity contribution is 5.65. The predicted molar refractivity (Wildman–Crippen MR) is 81.9 cm³/mol. The van der Waals surface area contributed by atoms with E-state index in [1.807, 2.05) is 37.3 Å². The Morgan fingerprint density at radius 3 is 2.43 bits per heavy atom. The molecule has 0 atom stereocenters. The predicted octanol–water partition coefficient (Wildman–Crippen LogP) is 4.33. The van der Waals surface area contributed by atoms with Gasteiger partial charge in [0.1, 0.15) is 5.82 Å². The molecule has 0 aliphatic rings. The molecular weight excluding hydrogens is 265 g/mol. The van der Waals surface area contributed by atoms with Crippen LogP contribution < -0.4 is 5.32 Å². The molecule has 0 aliphatic carbocycles. The molecule has 0 amide bonds. The molecule has 0 spiro atoms. The van der Waals surface area contributed by atoms with Gasteiger partial charge in [-0.2, -0.15) is 0 Å². The normalized spacial score (nSPS) is 10.4. The van der Waals surface area contributed by atoms with Crippen molar-refractivity contribution in [3.05, 3.63) is 72.2 Å². The van der Waals surface area contributed by atoms with Gasteiger partial charge in [-0.3, -0.25) is 0 Å². The van der Waals surface area contributed by atoms with E-state index in [1.54, 1.807) is 24.4 Å². The van der Waals surface area contributed by atoms with E-state index >= 15 is 0 Å². The van der Waals surface area contributed by atoms with E-state index in [1.165, 1.54) is 6.07 Å². The molecule has 0 saturated carbocycles. The lowest BCUT2D eigenvalue weighted by Gasteiger charge is -2.09. The number of hydrogen-bond acceptors (Lipinski definition) is 3. The quantitative estimate of drug-likeness (QED) is 0.775. The highest BCUT2D eigenvalue weighted by Gasteiger charge is 2.10. The molecule has 4 heteroatoms. The maximum atomic E-state index is 13.9. The van der Waals surface area contributed by atoms with Crippen molar-refractivity contribution in [1.82, 2.24) is 9.97 Å². The van der Waals surface area contributed by atoms with Crippen LogP contribution in [0, 0.1) is 12.7 Å². The first-order valence-electron chi connectivity index (χ1n) is 6.64. The molecule has 21 heavy (non-hydrogen) atoms. The maximum Gasteiger partial charge on any atom is 0.227 e. The van der Waals surface area contributed by atoms with Crippen LogP contribution in [0.4, 0.5) is 16.0 Å². The van der Waals surface area contributed by atoms with E-state index < -0.39 is 0 Å². The van der Waals surface area contributed by atoms with Crippen LogP contribution in [0.25, 0.3) is 11.3 Å². The van der Waals surface area contributed by atoms with Gasteiger partial charge in [0.05, 0.1) is 5.69 Å². The Balaban J connectivity index is 1.99. The van der Waals surface area contributed by atoms with Crippen molar-refractivity contribution >= 4 is 11.6 Å². The molecule has 1 heterocycles. The van der Waals surface area contributed by atoms with Crippen molar-refractivity contribution in [3.8, 4) is 11.3 Å². The van der Waals surface area contributed by atoms with E-state index in [0.717, 1.165) is 11.3 Å². The van der Waals surface area contributed by atoms with Crippen LogP contribution in [-0.2, 0) is 0 Å². The first-order chi connectivity index (χ1) is 10.2. The third-order valence-electron chi connectivity index (χ3n) is 3.13. The number of nitrogens with zero attached hydrogens (tertiary/aromatic N) is 2. The number of para-hydroxylation sites is 1. The average Bonchev–Trinajstić information content (AvgIpc) is 2.51. The molecule has 3 nitrogen and oxygen atoms in total. The lowest BCUT2D eigenvalue weighted by Crippen LogP contribution is -2.00. The second-order valence-electron chi connectivity index (χ2n) is 4.70. The Hall–Kier alpha value is -2.75. The first kappa shape index (κ1) is 13.2. The summed E-state index contributed by atoms with van der Waals surface area (Å²) in [6, 6.07) is 16.2. The van der Waals surface area contributed by atoms with Crippen molar-refractivity contribution in [2.45, 2.75) is 6.92 Å². The van der Waals surface area contributed by atoms with Gasteiger partial charge in [0, 0.05) is 17.4 Å². The number of aryl methyl sites for hydroxylation is 1. The highest BCUT2D eigenvalue weighted by Crippen LogP contribution is 2.25. The van der Waals surface area contributed by atoms with Crippen LogP contribution in [0.2, 0.25) is 0 Å². The van der Waals surface area contributed by atoms with Gasteiger partial charge in [-0.15, -0.1) is 0 Å². The molecule has 3 aromatic rings. The summed E-state index contributed by atoms with van der Waals surface area (Å²) in [5.41, 5.74) is 2.80. The molecule has 0 bridgehead atoms. The number of anilines is 2. The standard InChI is InChI=1S/C17H14FN3/c1-12-11-19-17(20-13-7-3-2-4-8-13)21-16(12)14-9-5-6-10-15(14)18/h2-11H,1H3,(H,19,20,21). The number of nitrogens with one attached hydrogen (secondary N) is 1. The summed E-state index contributed by atoms with van der Waals surface area (Å²) in [6.07, 6.45) is 1.69. The Morgan fingerprint density at radius 2 is 1.67 bits per heavy atom. The topological polar surface area (TPSA) is 37.8 Å². The van der Waals surface area contributed by atoms with Gasteiger partial charge in [0.25, 0.3) is 0 Å². The monoisotopic (exact) mass is 279 g/mol. The number of hydrogen-bond donors (Lipinski definition) is 1. The zero-order valence-corrected chi connectivity index (χ0v) is 11.5. The number of rotatable bonds is 3. The second kappa shape index (κ2) is 5.71. The largest absolute Gasteiger partial charge is 0.324 e. The zero-order chi connectivity index (χ0) is 14.7. The fourth-order valence-electron chi connectivity index (χ4n) is 2.08. The summed E-state index contributed by atoms with van der Waals surface area (Å²) in [4.78, 5) is 8.68. The second-order valence-corrected chi connectivity index (χ2v) is 4.70. The van der Waals surface area contributed by atoms with E-state index in [4.69, 9.17) is 0 Å². The summed E-state index contributed by atoms with van der Waals surface area (Å²) in [7, 11) is 0. The van der Waals surface area contributed by atoms with Crippen LogP contribution in [0.5, 0.6) is 0 Å². The minimum Gasteiger partial charge on any atom is -0.324 e.